The van der Waals surface area contributed by atoms with Crippen LogP contribution in [0.3, 0.4) is 0 Å². The molecular formula is C15H12ClN3O3. The Hall–Kier alpha value is -2.60. The van der Waals surface area contributed by atoms with Crippen LogP contribution in [0.4, 0.5) is 0 Å². The first kappa shape index (κ1) is 14.3. The summed E-state index contributed by atoms with van der Waals surface area (Å²) in [5, 5.41) is 4.65. The number of rotatable bonds is 5. The van der Waals surface area contributed by atoms with Crippen LogP contribution in [0.1, 0.15) is 22.2 Å². The van der Waals surface area contributed by atoms with Crippen molar-refractivity contribution in [2.45, 2.75) is 12.6 Å². The van der Waals surface area contributed by atoms with Crippen molar-refractivity contribution in [3.63, 3.8) is 0 Å². The predicted molar refractivity (Wildman–Crippen MR) is 78.3 cm³/mol. The molecule has 0 bridgehead atoms. The van der Waals surface area contributed by atoms with Crippen LogP contribution in [0.25, 0.3) is 0 Å². The van der Waals surface area contributed by atoms with E-state index < -0.39 is 12.1 Å². The molecule has 0 N–H and O–H groups in total. The molecule has 0 fully saturated rings. The molecule has 0 aliphatic heterocycles. The largest absolute Gasteiger partial charge is 0.457 e. The lowest BCUT2D eigenvalue weighted by atomic mass is 10.1. The van der Waals surface area contributed by atoms with Crippen LogP contribution in [0.5, 0.6) is 0 Å². The smallest absolute Gasteiger partial charge is 0.374 e. The Labute approximate surface area is 131 Å². The third-order valence-corrected chi connectivity index (χ3v) is 3.28. The first-order valence-electron chi connectivity index (χ1n) is 6.55. The van der Waals surface area contributed by atoms with E-state index >= 15 is 0 Å². The lowest BCUT2D eigenvalue weighted by Gasteiger charge is -2.17. The molecule has 2 aromatic heterocycles. The van der Waals surface area contributed by atoms with Gasteiger partial charge in [0.1, 0.15) is 18.8 Å². The van der Waals surface area contributed by atoms with Crippen molar-refractivity contribution in [3.8, 4) is 0 Å². The van der Waals surface area contributed by atoms with Crippen molar-refractivity contribution in [1.82, 2.24) is 14.8 Å². The number of nitrogens with zero attached hydrogens (tertiary/aromatic N) is 3. The van der Waals surface area contributed by atoms with Crippen molar-refractivity contribution in [1.29, 1.82) is 0 Å². The topological polar surface area (TPSA) is 70.2 Å². The molecule has 1 atom stereocenters. The highest BCUT2D eigenvalue weighted by Gasteiger charge is 2.20. The molecule has 3 aromatic rings. The quantitative estimate of drug-likeness (QED) is 0.676. The second-order valence-electron chi connectivity index (χ2n) is 4.54. The van der Waals surface area contributed by atoms with Crippen LogP contribution >= 0.6 is 11.6 Å². The van der Waals surface area contributed by atoms with E-state index in [4.69, 9.17) is 20.8 Å². The van der Waals surface area contributed by atoms with Crippen LogP contribution in [0, 0.1) is 0 Å². The molecule has 0 aliphatic carbocycles. The van der Waals surface area contributed by atoms with E-state index in [2.05, 4.69) is 10.1 Å². The van der Waals surface area contributed by atoms with Crippen LogP contribution in [0.15, 0.2) is 59.7 Å². The van der Waals surface area contributed by atoms with E-state index in [-0.39, 0.29) is 5.76 Å². The second kappa shape index (κ2) is 6.44. The number of halogens is 1. The Morgan fingerprint density at radius 1 is 1.32 bits per heavy atom. The van der Waals surface area contributed by atoms with Crippen molar-refractivity contribution in [3.05, 3.63) is 71.7 Å². The van der Waals surface area contributed by atoms with Gasteiger partial charge >= 0.3 is 5.97 Å². The van der Waals surface area contributed by atoms with E-state index in [0.29, 0.717) is 11.6 Å². The summed E-state index contributed by atoms with van der Waals surface area (Å²) in [4.78, 5) is 16.0. The molecule has 0 unspecified atom stereocenters. The molecule has 112 valence electrons. The number of furan rings is 1. The van der Waals surface area contributed by atoms with Gasteiger partial charge in [-0.25, -0.2) is 14.5 Å². The Balaban J connectivity index is 1.82. The zero-order chi connectivity index (χ0) is 15.4. The summed E-state index contributed by atoms with van der Waals surface area (Å²) in [7, 11) is 0. The normalized spacial score (nSPS) is 12.0. The minimum atomic E-state index is -0.537. The minimum Gasteiger partial charge on any atom is -0.457 e. The Kier molecular flexibility index (Phi) is 4.20. The molecule has 0 saturated carbocycles. The van der Waals surface area contributed by atoms with Crippen LogP contribution in [-0.4, -0.2) is 20.7 Å². The summed E-state index contributed by atoms with van der Waals surface area (Å²) in [6, 6.07) is 10.3. The number of esters is 1. The fourth-order valence-electron chi connectivity index (χ4n) is 1.97. The minimum absolute atomic E-state index is 0.151. The lowest BCUT2D eigenvalue weighted by Crippen LogP contribution is -2.17. The molecule has 7 heteroatoms. The Morgan fingerprint density at radius 2 is 2.14 bits per heavy atom. The van der Waals surface area contributed by atoms with E-state index in [1.807, 2.05) is 0 Å². The van der Waals surface area contributed by atoms with Gasteiger partial charge in [-0.05, 0) is 29.8 Å². The number of aromatic nitrogens is 3. The van der Waals surface area contributed by atoms with E-state index in [1.165, 1.54) is 12.6 Å². The average Bonchev–Trinajstić information content (AvgIpc) is 3.21. The number of benzene rings is 1. The molecule has 2 heterocycles. The van der Waals surface area contributed by atoms with Gasteiger partial charge < -0.3 is 9.15 Å². The van der Waals surface area contributed by atoms with Gasteiger partial charge in [0.15, 0.2) is 0 Å². The van der Waals surface area contributed by atoms with Crippen LogP contribution in [-0.2, 0) is 11.3 Å². The van der Waals surface area contributed by atoms with Gasteiger partial charge in [-0.2, -0.15) is 5.10 Å². The monoisotopic (exact) mass is 317 g/mol. The number of hydrogen-bond donors (Lipinski definition) is 0. The SMILES string of the molecule is O=C(O[C@H](Cn1cncn1)c1ccc(Cl)cc1)c1ccco1. The van der Waals surface area contributed by atoms with E-state index in [9.17, 15) is 4.79 Å². The molecule has 0 radical (unpaired) electrons. The highest BCUT2D eigenvalue weighted by Crippen LogP contribution is 2.23. The molecule has 3 rings (SSSR count). The van der Waals surface area contributed by atoms with Gasteiger partial charge in [-0.15, -0.1) is 0 Å². The van der Waals surface area contributed by atoms with E-state index in [1.54, 1.807) is 47.4 Å². The summed E-state index contributed by atoms with van der Waals surface area (Å²) in [5.74, 6) is -0.386. The molecule has 0 saturated heterocycles. The first-order valence-corrected chi connectivity index (χ1v) is 6.92. The van der Waals surface area contributed by atoms with Gasteiger partial charge in [-0.3, -0.25) is 0 Å². The molecule has 1 aromatic carbocycles. The highest BCUT2D eigenvalue weighted by atomic mass is 35.5. The summed E-state index contributed by atoms with van der Waals surface area (Å²) >= 11 is 5.90. The second-order valence-corrected chi connectivity index (χ2v) is 4.98. The average molecular weight is 318 g/mol. The van der Waals surface area contributed by atoms with Crippen molar-refractivity contribution < 1.29 is 13.9 Å². The molecule has 22 heavy (non-hydrogen) atoms. The fraction of sp³-hybridized carbons (Fsp3) is 0.133. The number of carbonyl (C=O) groups is 1. The summed E-state index contributed by atoms with van der Waals surface area (Å²) in [6.07, 6.45) is 3.87. The van der Waals surface area contributed by atoms with Gasteiger partial charge in [0, 0.05) is 5.02 Å². The van der Waals surface area contributed by atoms with Crippen LogP contribution < -0.4 is 0 Å². The van der Waals surface area contributed by atoms with Gasteiger partial charge in [0.05, 0.1) is 12.8 Å². The zero-order valence-electron chi connectivity index (χ0n) is 11.4. The number of ether oxygens (including phenoxy) is 1. The van der Waals surface area contributed by atoms with Gasteiger partial charge in [0.2, 0.25) is 5.76 Å². The summed E-state index contributed by atoms with van der Waals surface area (Å²) in [5.41, 5.74) is 0.805. The van der Waals surface area contributed by atoms with Crippen molar-refractivity contribution in [2.75, 3.05) is 0 Å². The summed E-state index contributed by atoms with van der Waals surface area (Å²) < 4.78 is 12.2. The molecule has 0 amide bonds. The Bertz CT molecular complexity index is 724. The van der Waals surface area contributed by atoms with Gasteiger partial charge in [0.25, 0.3) is 0 Å². The van der Waals surface area contributed by atoms with Crippen LogP contribution in [0.2, 0.25) is 5.02 Å². The fourth-order valence-corrected chi connectivity index (χ4v) is 2.09. The Morgan fingerprint density at radius 3 is 2.77 bits per heavy atom. The highest BCUT2D eigenvalue weighted by molar-refractivity contribution is 6.30. The third-order valence-electron chi connectivity index (χ3n) is 3.03. The lowest BCUT2D eigenvalue weighted by molar-refractivity contribution is 0.0211. The maximum Gasteiger partial charge on any atom is 0.374 e. The maximum atomic E-state index is 12.1. The van der Waals surface area contributed by atoms with Gasteiger partial charge in [-0.1, -0.05) is 23.7 Å². The predicted octanol–water partition coefficient (Wildman–Crippen LogP) is 3.12. The van der Waals surface area contributed by atoms with E-state index in [0.717, 1.165) is 5.56 Å². The number of hydrogen-bond acceptors (Lipinski definition) is 5. The molecule has 0 aliphatic rings. The summed E-state index contributed by atoms with van der Waals surface area (Å²) in [6.45, 7) is 0.341. The molecule has 0 spiro atoms. The standard InChI is InChI=1S/C15H12ClN3O3/c16-12-5-3-11(4-6-12)14(8-19-10-17-9-18-19)22-15(20)13-2-1-7-21-13/h1-7,9-10,14H,8H2/t14-/m1/s1. The molecular weight excluding hydrogens is 306 g/mol. The number of carbonyl (C=O) groups excluding carboxylic acids is 1. The zero-order valence-corrected chi connectivity index (χ0v) is 12.2. The van der Waals surface area contributed by atoms with Crippen molar-refractivity contribution in [2.24, 2.45) is 0 Å². The third kappa shape index (κ3) is 3.35. The first-order chi connectivity index (χ1) is 10.7. The van der Waals surface area contributed by atoms with Crippen molar-refractivity contribution >= 4 is 17.6 Å². The maximum absolute atomic E-state index is 12.1. The molecule has 6 nitrogen and oxygen atoms in total.